The Bertz CT molecular complexity index is 1060. The molecule has 1 heterocycles. The largest absolute Gasteiger partial charge is 0.486 e. The zero-order valence-electron chi connectivity index (χ0n) is 17.6. The van der Waals surface area contributed by atoms with E-state index >= 15 is 0 Å². The minimum atomic E-state index is -1.14. The normalized spacial score (nSPS) is 23.4. The van der Waals surface area contributed by atoms with Crippen LogP contribution >= 0.6 is 0 Å². The maximum Gasteiger partial charge on any atom is 0.247 e. The molecule has 0 saturated carbocycles. The van der Waals surface area contributed by atoms with Crippen LogP contribution in [0.15, 0.2) is 60.2 Å². The highest BCUT2D eigenvalue weighted by molar-refractivity contribution is 5.96. The Morgan fingerprint density at radius 1 is 1.16 bits per heavy atom. The van der Waals surface area contributed by atoms with E-state index in [2.05, 4.69) is 5.32 Å². The van der Waals surface area contributed by atoms with Gasteiger partial charge >= 0.3 is 0 Å². The molecule has 0 bridgehead atoms. The van der Waals surface area contributed by atoms with Crippen molar-refractivity contribution in [3.63, 3.8) is 0 Å². The summed E-state index contributed by atoms with van der Waals surface area (Å²) < 4.78 is 20.3. The number of rotatable bonds is 6. The standard InChI is InChI=1S/C24H25FN2O5/c1-14(29)27(13-15-6-2-4-8-18(15)25)19-12-17(24(31)26-10-11-28)21-16-7-3-5-9-20(16)32-23(21)22(19)30/h2-9,12,19,21-23,28,30H,10-11,13H2,1H3,(H,26,31). The molecule has 1 aliphatic heterocycles. The fraction of sp³-hybridized carbons (Fsp3) is 0.333. The fourth-order valence-electron chi connectivity index (χ4n) is 4.43. The van der Waals surface area contributed by atoms with Gasteiger partial charge in [-0.25, -0.2) is 4.39 Å². The molecule has 4 atom stereocenters. The van der Waals surface area contributed by atoms with Gasteiger partial charge in [-0.05, 0) is 18.2 Å². The molecule has 32 heavy (non-hydrogen) atoms. The zero-order chi connectivity index (χ0) is 22.8. The third-order valence-corrected chi connectivity index (χ3v) is 5.94. The Morgan fingerprint density at radius 3 is 2.59 bits per heavy atom. The van der Waals surface area contributed by atoms with Crippen molar-refractivity contribution in [3.8, 4) is 5.75 Å². The summed E-state index contributed by atoms with van der Waals surface area (Å²) in [6, 6.07) is 12.4. The maximum atomic E-state index is 14.3. The molecule has 7 nitrogen and oxygen atoms in total. The molecule has 0 spiro atoms. The van der Waals surface area contributed by atoms with E-state index in [0.29, 0.717) is 16.9 Å². The van der Waals surface area contributed by atoms with E-state index < -0.39 is 35.9 Å². The van der Waals surface area contributed by atoms with Gasteiger partial charge < -0.3 is 25.2 Å². The smallest absolute Gasteiger partial charge is 0.247 e. The van der Waals surface area contributed by atoms with E-state index in [4.69, 9.17) is 9.84 Å². The number of amides is 2. The monoisotopic (exact) mass is 440 g/mol. The van der Waals surface area contributed by atoms with E-state index in [1.807, 2.05) is 12.1 Å². The van der Waals surface area contributed by atoms with Crippen LogP contribution < -0.4 is 10.1 Å². The van der Waals surface area contributed by atoms with Crippen molar-refractivity contribution in [2.75, 3.05) is 13.2 Å². The number of carbonyl (C=O) groups is 2. The molecular weight excluding hydrogens is 415 g/mol. The highest BCUT2D eigenvalue weighted by atomic mass is 19.1. The van der Waals surface area contributed by atoms with Gasteiger partial charge in [-0.2, -0.15) is 0 Å². The summed E-state index contributed by atoms with van der Waals surface area (Å²) in [5.41, 5.74) is 1.40. The summed E-state index contributed by atoms with van der Waals surface area (Å²) in [7, 11) is 0. The number of halogens is 1. The summed E-state index contributed by atoms with van der Waals surface area (Å²) in [6.45, 7) is 1.10. The van der Waals surface area contributed by atoms with Crippen molar-refractivity contribution in [3.05, 3.63) is 77.1 Å². The van der Waals surface area contributed by atoms with Crippen molar-refractivity contribution in [2.45, 2.75) is 37.6 Å². The molecule has 2 aromatic carbocycles. The van der Waals surface area contributed by atoms with Crippen molar-refractivity contribution in [1.29, 1.82) is 0 Å². The lowest BCUT2D eigenvalue weighted by atomic mass is 9.77. The molecule has 4 unspecified atom stereocenters. The molecule has 4 rings (SSSR count). The third-order valence-electron chi connectivity index (χ3n) is 5.94. The molecule has 0 fully saturated rings. The molecule has 2 aliphatic rings. The van der Waals surface area contributed by atoms with Gasteiger partial charge in [0.1, 0.15) is 23.8 Å². The van der Waals surface area contributed by atoms with Gasteiger partial charge in [0, 0.05) is 36.7 Å². The van der Waals surface area contributed by atoms with Gasteiger partial charge in [0.25, 0.3) is 0 Å². The average Bonchev–Trinajstić information content (AvgIpc) is 3.18. The Balaban J connectivity index is 1.75. The number of carbonyl (C=O) groups excluding carboxylic acids is 2. The quantitative estimate of drug-likeness (QED) is 0.632. The van der Waals surface area contributed by atoms with Crippen LogP contribution in [0.4, 0.5) is 4.39 Å². The number of benzene rings is 2. The van der Waals surface area contributed by atoms with Crippen LogP contribution in [0.2, 0.25) is 0 Å². The van der Waals surface area contributed by atoms with Crippen LogP contribution in [-0.2, 0) is 16.1 Å². The number of ether oxygens (including phenoxy) is 1. The summed E-state index contributed by atoms with van der Waals surface area (Å²) in [4.78, 5) is 26.9. The number of aliphatic hydroxyl groups excluding tert-OH is 2. The van der Waals surface area contributed by atoms with Crippen molar-refractivity contribution >= 4 is 11.8 Å². The predicted molar refractivity (Wildman–Crippen MR) is 114 cm³/mol. The van der Waals surface area contributed by atoms with Crippen LogP contribution in [0.3, 0.4) is 0 Å². The van der Waals surface area contributed by atoms with Gasteiger partial charge in [-0.3, -0.25) is 9.59 Å². The van der Waals surface area contributed by atoms with Gasteiger partial charge in [0.2, 0.25) is 11.8 Å². The predicted octanol–water partition coefficient (Wildman–Crippen LogP) is 1.50. The van der Waals surface area contributed by atoms with E-state index in [1.165, 1.54) is 17.9 Å². The Labute approximate surface area is 185 Å². The lowest BCUT2D eigenvalue weighted by molar-refractivity contribution is -0.135. The lowest BCUT2D eigenvalue weighted by Crippen LogP contribution is -2.55. The third kappa shape index (κ3) is 3.99. The second-order valence-corrected chi connectivity index (χ2v) is 7.92. The summed E-state index contributed by atoms with van der Waals surface area (Å²) in [5.74, 6) is -1.22. The first-order valence-corrected chi connectivity index (χ1v) is 10.5. The van der Waals surface area contributed by atoms with E-state index in [-0.39, 0.29) is 25.6 Å². The lowest BCUT2D eigenvalue weighted by Gasteiger charge is -2.40. The number of aliphatic hydroxyl groups is 2. The van der Waals surface area contributed by atoms with E-state index in [1.54, 1.807) is 36.4 Å². The highest BCUT2D eigenvalue weighted by Gasteiger charge is 2.50. The molecular formula is C24H25FN2O5. The molecule has 8 heteroatoms. The van der Waals surface area contributed by atoms with Gasteiger partial charge in [-0.1, -0.05) is 36.4 Å². The summed E-state index contributed by atoms with van der Waals surface area (Å²) in [6.07, 6.45) is -0.371. The first-order valence-electron chi connectivity index (χ1n) is 10.5. The minimum Gasteiger partial charge on any atom is -0.486 e. The second-order valence-electron chi connectivity index (χ2n) is 7.92. The van der Waals surface area contributed by atoms with Crippen LogP contribution in [0.5, 0.6) is 5.75 Å². The van der Waals surface area contributed by atoms with Gasteiger partial charge in [0.15, 0.2) is 0 Å². The number of nitrogens with zero attached hydrogens (tertiary/aromatic N) is 1. The number of hydrogen-bond donors (Lipinski definition) is 3. The minimum absolute atomic E-state index is 0.0644. The van der Waals surface area contributed by atoms with Gasteiger partial charge in [0.05, 0.1) is 18.6 Å². The number of hydrogen-bond acceptors (Lipinski definition) is 5. The molecule has 1 aliphatic carbocycles. The Hall–Kier alpha value is -3.23. The van der Waals surface area contributed by atoms with Crippen LogP contribution in [-0.4, -0.2) is 58.3 Å². The Kier molecular flexibility index (Phi) is 6.25. The maximum absolute atomic E-state index is 14.3. The number of para-hydroxylation sites is 1. The average molecular weight is 440 g/mol. The van der Waals surface area contributed by atoms with Crippen molar-refractivity contribution in [1.82, 2.24) is 10.2 Å². The first-order chi connectivity index (χ1) is 15.4. The summed E-state index contributed by atoms with van der Waals surface area (Å²) >= 11 is 0. The molecule has 168 valence electrons. The molecule has 0 aromatic heterocycles. The van der Waals surface area contributed by atoms with Crippen LogP contribution in [0, 0.1) is 5.82 Å². The van der Waals surface area contributed by atoms with Crippen molar-refractivity contribution < 1.29 is 28.9 Å². The van der Waals surface area contributed by atoms with Crippen LogP contribution in [0.1, 0.15) is 24.0 Å². The summed E-state index contributed by atoms with van der Waals surface area (Å²) in [5, 5.41) is 23.0. The SMILES string of the molecule is CC(=O)N(Cc1ccccc1F)C1C=C(C(=O)NCCO)C2c3ccccc3OC2C1O. The van der Waals surface area contributed by atoms with E-state index in [9.17, 15) is 19.1 Å². The second kappa shape index (κ2) is 9.10. The molecule has 2 amide bonds. The fourth-order valence-corrected chi connectivity index (χ4v) is 4.43. The molecule has 0 saturated heterocycles. The topological polar surface area (TPSA) is 99.1 Å². The van der Waals surface area contributed by atoms with E-state index in [0.717, 1.165) is 5.56 Å². The molecule has 0 radical (unpaired) electrons. The zero-order valence-corrected chi connectivity index (χ0v) is 17.6. The number of nitrogens with one attached hydrogen (secondary N) is 1. The number of fused-ring (bicyclic) bond motifs is 3. The van der Waals surface area contributed by atoms with Gasteiger partial charge in [-0.15, -0.1) is 0 Å². The van der Waals surface area contributed by atoms with Crippen molar-refractivity contribution in [2.24, 2.45) is 0 Å². The highest BCUT2D eigenvalue weighted by Crippen LogP contribution is 2.47. The Morgan fingerprint density at radius 2 is 1.88 bits per heavy atom. The molecule has 3 N–H and O–H groups in total. The molecule has 2 aromatic rings. The van der Waals surface area contributed by atoms with Crippen LogP contribution in [0.25, 0.3) is 0 Å². The first kappa shape index (κ1) is 22.0.